The first-order valence-electron chi connectivity index (χ1n) is 5.92. The van der Waals surface area contributed by atoms with E-state index in [-0.39, 0.29) is 6.04 Å². The third-order valence-electron chi connectivity index (χ3n) is 2.94. The maximum absolute atomic E-state index is 5.88. The van der Waals surface area contributed by atoms with Gasteiger partial charge in [-0.15, -0.1) is 0 Å². The Morgan fingerprint density at radius 1 is 1.16 bits per heavy atom. The lowest BCUT2D eigenvalue weighted by atomic mass is 10.1. The van der Waals surface area contributed by atoms with Crippen LogP contribution in [-0.2, 0) is 0 Å². The molecule has 5 nitrogen and oxygen atoms in total. The van der Waals surface area contributed by atoms with Crippen LogP contribution in [-0.4, -0.2) is 9.97 Å². The summed E-state index contributed by atoms with van der Waals surface area (Å²) in [7, 11) is 0. The highest BCUT2D eigenvalue weighted by atomic mass is 35.5. The zero-order chi connectivity index (χ0) is 13.8. The number of nitrogens with two attached hydrogens (primary N) is 1. The van der Waals surface area contributed by atoms with Crippen LogP contribution in [0.25, 0.3) is 0 Å². The molecule has 0 aliphatic rings. The van der Waals surface area contributed by atoms with Crippen molar-refractivity contribution in [1.29, 1.82) is 0 Å². The van der Waals surface area contributed by atoms with Crippen LogP contribution in [0.5, 0.6) is 0 Å². The number of anilines is 2. The van der Waals surface area contributed by atoms with Crippen molar-refractivity contribution < 1.29 is 0 Å². The van der Waals surface area contributed by atoms with Crippen LogP contribution in [0.4, 0.5) is 11.6 Å². The van der Waals surface area contributed by atoms with Crippen LogP contribution in [0, 0.1) is 6.92 Å². The fourth-order valence-electron chi connectivity index (χ4n) is 1.78. The lowest BCUT2D eigenvalue weighted by Crippen LogP contribution is -2.14. The average molecular weight is 278 g/mol. The first kappa shape index (κ1) is 13.6. The molecule has 0 aliphatic carbocycles. The molecular formula is C13H16ClN5. The van der Waals surface area contributed by atoms with Crippen LogP contribution in [0.15, 0.2) is 30.6 Å². The quantitative estimate of drug-likeness (QED) is 0.592. The molecule has 1 aromatic carbocycles. The number of rotatable bonds is 4. The molecule has 1 heterocycles. The monoisotopic (exact) mass is 277 g/mol. The van der Waals surface area contributed by atoms with Gasteiger partial charge in [-0.05, 0) is 31.5 Å². The van der Waals surface area contributed by atoms with Gasteiger partial charge in [0.05, 0.1) is 0 Å². The first-order valence-corrected chi connectivity index (χ1v) is 6.30. The van der Waals surface area contributed by atoms with Crippen LogP contribution < -0.4 is 16.6 Å². The SMILES string of the molecule is Cc1c(NN)ncnc1NC(C)c1ccc(Cl)cc1. The molecule has 0 fully saturated rings. The lowest BCUT2D eigenvalue weighted by molar-refractivity contribution is 0.868. The number of nitrogens with one attached hydrogen (secondary N) is 2. The molecule has 0 aliphatic heterocycles. The van der Waals surface area contributed by atoms with Crippen molar-refractivity contribution in [3.63, 3.8) is 0 Å². The summed E-state index contributed by atoms with van der Waals surface area (Å²) in [5.74, 6) is 6.76. The largest absolute Gasteiger partial charge is 0.363 e. The molecule has 0 bridgehead atoms. The first-order chi connectivity index (χ1) is 9.11. The highest BCUT2D eigenvalue weighted by molar-refractivity contribution is 6.30. The number of aromatic nitrogens is 2. The molecule has 0 saturated carbocycles. The van der Waals surface area contributed by atoms with E-state index < -0.39 is 0 Å². The minimum absolute atomic E-state index is 0.108. The summed E-state index contributed by atoms with van der Waals surface area (Å²) in [5.41, 5.74) is 4.56. The van der Waals surface area contributed by atoms with E-state index in [1.54, 1.807) is 0 Å². The molecular weight excluding hydrogens is 262 g/mol. The fraction of sp³-hybridized carbons (Fsp3) is 0.231. The second kappa shape index (κ2) is 5.86. The van der Waals surface area contributed by atoms with Gasteiger partial charge < -0.3 is 10.7 Å². The third kappa shape index (κ3) is 3.13. The van der Waals surface area contributed by atoms with E-state index in [0.29, 0.717) is 5.82 Å². The molecule has 6 heteroatoms. The van der Waals surface area contributed by atoms with Crippen LogP contribution >= 0.6 is 11.6 Å². The zero-order valence-electron chi connectivity index (χ0n) is 10.8. The molecule has 0 amide bonds. The van der Waals surface area contributed by atoms with Gasteiger partial charge in [0.25, 0.3) is 0 Å². The Morgan fingerprint density at radius 3 is 2.42 bits per heavy atom. The molecule has 2 rings (SSSR count). The number of nitrogens with zero attached hydrogens (tertiary/aromatic N) is 2. The summed E-state index contributed by atoms with van der Waals surface area (Å²) in [6.07, 6.45) is 1.47. The average Bonchev–Trinajstić information content (AvgIpc) is 2.42. The molecule has 0 saturated heterocycles. The van der Waals surface area contributed by atoms with Gasteiger partial charge in [-0.2, -0.15) is 0 Å². The summed E-state index contributed by atoms with van der Waals surface area (Å²) in [5, 5.41) is 4.06. The predicted molar refractivity (Wildman–Crippen MR) is 78.1 cm³/mol. The minimum atomic E-state index is 0.108. The van der Waals surface area contributed by atoms with E-state index in [4.69, 9.17) is 17.4 Å². The van der Waals surface area contributed by atoms with Gasteiger partial charge in [0.2, 0.25) is 0 Å². The van der Waals surface area contributed by atoms with Gasteiger partial charge in [0, 0.05) is 16.6 Å². The molecule has 1 unspecified atom stereocenters. The smallest absolute Gasteiger partial charge is 0.148 e. The standard InChI is InChI=1S/C13H16ClN5/c1-8-12(16-7-17-13(8)19-15)18-9(2)10-3-5-11(14)6-4-10/h3-7,9H,15H2,1-2H3,(H2,16,17,18,19). The van der Waals surface area contributed by atoms with Crippen molar-refractivity contribution in [3.8, 4) is 0 Å². The van der Waals surface area contributed by atoms with E-state index in [9.17, 15) is 0 Å². The van der Waals surface area contributed by atoms with Crippen LogP contribution in [0.1, 0.15) is 24.1 Å². The summed E-state index contributed by atoms with van der Waals surface area (Å²) in [4.78, 5) is 8.27. The number of hydrazine groups is 1. The van der Waals surface area contributed by atoms with Crippen molar-refractivity contribution in [1.82, 2.24) is 9.97 Å². The molecule has 100 valence electrons. The predicted octanol–water partition coefficient (Wildman–Crippen LogP) is 2.90. The van der Waals surface area contributed by atoms with E-state index in [1.165, 1.54) is 6.33 Å². The zero-order valence-corrected chi connectivity index (χ0v) is 11.6. The Labute approximate surface area is 117 Å². The van der Waals surface area contributed by atoms with Crippen molar-refractivity contribution in [3.05, 3.63) is 46.7 Å². The van der Waals surface area contributed by atoms with Gasteiger partial charge in [-0.25, -0.2) is 15.8 Å². The maximum Gasteiger partial charge on any atom is 0.148 e. The lowest BCUT2D eigenvalue weighted by Gasteiger charge is -2.17. The number of halogens is 1. The minimum Gasteiger partial charge on any atom is -0.363 e. The van der Waals surface area contributed by atoms with E-state index >= 15 is 0 Å². The van der Waals surface area contributed by atoms with E-state index in [1.807, 2.05) is 31.2 Å². The fourth-order valence-corrected chi connectivity index (χ4v) is 1.91. The normalized spacial score (nSPS) is 12.0. The molecule has 2 aromatic rings. The molecule has 19 heavy (non-hydrogen) atoms. The summed E-state index contributed by atoms with van der Waals surface area (Å²) < 4.78 is 0. The number of hydrogen-bond donors (Lipinski definition) is 3. The van der Waals surface area contributed by atoms with Crippen molar-refractivity contribution in [2.45, 2.75) is 19.9 Å². The summed E-state index contributed by atoms with van der Waals surface area (Å²) in [6, 6.07) is 7.82. The molecule has 1 aromatic heterocycles. The molecule has 4 N–H and O–H groups in total. The Morgan fingerprint density at radius 2 is 1.79 bits per heavy atom. The van der Waals surface area contributed by atoms with Crippen molar-refractivity contribution in [2.24, 2.45) is 5.84 Å². The molecule has 0 spiro atoms. The van der Waals surface area contributed by atoms with Gasteiger partial charge in [0.1, 0.15) is 18.0 Å². The van der Waals surface area contributed by atoms with Gasteiger partial charge in [-0.3, -0.25) is 0 Å². The van der Waals surface area contributed by atoms with Crippen molar-refractivity contribution in [2.75, 3.05) is 10.7 Å². The summed E-state index contributed by atoms with van der Waals surface area (Å²) >= 11 is 5.88. The van der Waals surface area contributed by atoms with E-state index in [2.05, 4.69) is 27.6 Å². The molecule has 1 atom stereocenters. The van der Waals surface area contributed by atoms with Gasteiger partial charge in [-0.1, -0.05) is 23.7 Å². The van der Waals surface area contributed by atoms with Crippen LogP contribution in [0.3, 0.4) is 0 Å². The Bertz CT molecular complexity index is 555. The third-order valence-corrected chi connectivity index (χ3v) is 3.20. The van der Waals surface area contributed by atoms with Gasteiger partial charge in [0.15, 0.2) is 0 Å². The number of benzene rings is 1. The second-order valence-electron chi connectivity index (χ2n) is 4.26. The Kier molecular flexibility index (Phi) is 4.19. The second-order valence-corrected chi connectivity index (χ2v) is 4.69. The highest BCUT2D eigenvalue weighted by Crippen LogP contribution is 2.23. The van der Waals surface area contributed by atoms with Gasteiger partial charge >= 0.3 is 0 Å². The Hall–Kier alpha value is -1.85. The number of hydrogen-bond acceptors (Lipinski definition) is 5. The maximum atomic E-state index is 5.88. The van der Waals surface area contributed by atoms with Crippen LogP contribution in [0.2, 0.25) is 5.02 Å². The Balaban J connectivity index is 2.19. The van der Waals surface area contributed by atoms with Crippen molar-refractivity contribution >= 4 is 23.2 Å². The molecule has 0 radical (unpaired) electrons. The number of nitrogen functional groups attached to an aromatic ring is 1. The topological polar surface area (TPSA) is 75.9 Å². The summed E-state index contributed by atoms with van der Waals surface area (Å²) in [6.45, 7) is 3.96. The van der Waals surface area contributed by atoms with E-state index in [0.717, 1.165) is 22.0 Å². The highest BCUT2D eigenvalue weighted by Gasteiger charge is 2.10.